The Bertz CT molecular complexity index is 834. The average Bonchev–Trinajstić information content (AvgIpc) is 3.02. The topological polar surface area (TPSA) is 32.5 Å². The molecular formula is C16H15N3O. The minimum atomic E-state index is 0.700. The van der Waals surface area contributed by atoms with Gasteiger partial charge in [0.05, 0.1) is 12.4 Å². The van der Waals surface area contributed by atoms with Crippen molar-refractivity contribution in [2.75, 3.05) is 18.6 Å². The largest absolute Gasteiger partial charge is 0.435 e. The molecule has 0 radical (unpaired) electrons. The number of aromatic nitrogens is 1. The van der Waals surface area contributed by atoms with E-state index in [2.05, 4.69) is 59.4 Å². The highest BCUT2D eigenvalue weighted by atomic mass is 16.3. The molecule has 0 saturated heterocycles. The summed E-state index contributed by atoms with van der Waals surface area (Å²) >= 11 is 0. The molecule has 0 atom stereocenters. The van der Waals surface area contributed by atoms with Gasteiger partial charge in [-0.25, -0.2) is 4.98 Å². The Morgan fingerprint density at radius 2 is 2.05 bits per heavy atom. The van der Waals surface area contributed by atoms with Gasteiger partial charge in [0, 0.05) is 36.4 Å². The van der Waals surface area contributed by atoms with Crippen LogP contribution in [-0.2, 0) is 0 Å². The standard InChI is InChI=1S/C16H15N3O/c1-11-5-6-12-13-4-3-7-17-16(13)20-15(12)14(11)19-9-8-18(2)10-19/h3-9H,10H2,1-2H3. The van der Waals surface area contributed by atoms with Gasteiger partial charge < -0.3 is 14.2 Å². The Hall–Kier alpha value is -2.49. The number of furan rings is 1. The molecule has 1 aromatic carbocycles. The SMILES string of the molecule is Cc1ccc2c(oc3ncccc32)c1N1C=CN(C)C1. The van der Waals surface area contributed by atoms with E-state index >= 15 is 0 Å². The first kappa shape index (κ1) is 11.3. The number of aryl methyl sites for hydroxylation is 1. The third-order valence-corrected chi connectivity index (χ3v) is 3.76. The lowest BCUT2D eigenvalue weighted by Crippen LogP contribution is -2.22. The lowest BCUT2D eigenvalue weighted by Gasteiger charge is -2.20. The molecule has 1 aliphatic rings. The predicted octanol–water partition coefficient (Wildman–Crippen LogP) is 3.47. The average molecular weight is 265 g/mol. The Balaban J connectivity index is 2.04. The van der Waals surface area contributed by atoms with E-state index in [1.165, 1.54) is 5.56 Å². The lowest BCUT2D eigenvalue weighted by atomic mass is 10.1. The van der Waals surface area contributed by atoms with Gasteiger partial charge in [-0.1, -0.05) is 12.1 Å². The lowest BCUT2D eigenvalue weighted by molar-refractivity contribution is 0.495. The molecule has 4 rings (SSSR count). The maximum absolute atomic E-state index is 6.01. The van der Waals surface area contributed by atoms with E-state index < -0.39 is 0 Å². The van der Waals surface area contributed by atoms with Gasteiger partial charge in [-0.05, 0) is 24.6 Å². The zero-order valence-corrected chi connectivity index (χ0v) is 11.5. The second kappa shape index (κ2) is 4.00. The summed E-state index contributed by atoms with van der Waals surface area (Å²) in [5.41, 5.74) is 3.95. The van der Waals surface area contributed by atoms with Crippen LogP contribution in [0.5, 0.6) is 0 Å². The van der Waals surface area contributed by atoms with E-state index in [1.807, 2.05) is 6.07 Å². The maximum atomic E-state index is 6.01. The number of nitrogens with zero attached hydrogens (tertiary/aromatic N) is 3. The van der Waals surface area contributed by atoms with Crippen molar-refractivity contribution in [2.45, 2.75) is 6.92 Å². The van der Waals surface area contributed by atoms with Crippen LogP contribution < -0.4 is 4.90 Å². The Morgan fingerprint density at radius 3 is 2.85 bits per heavy atom. The number of fused-ring (bicyclic) bond motifs is 3. The molecule has 3 heterocycles. The second-order valence-electron chi connectivity index (χ2n) is 5.23. The molecule has 100 valence electrons. The van der Waals surface area contributed by atoms with Crippen LogP contribution in [0, 0.1) is 6.92 Å². The minimum absolute atomic E-state index is 0.700. The molecule has 2 aromatic heterocycles. The first-order chi connectivity index (χ1) is 9.74. The van der Waals surface area contributed by atoms with Crippen LogP contribution in [-0.4, -0.2) is 23.6 Å². The zero-order valence-electron chi connectivity index (χ0n) is 11.5. The van der Waals surface area contributed by atoms with Crippen LogP contribution in [0.4, 0.5) is 5.69 Å². The van der Waals surface area contributed by atoms with E-state index in [1.54, 1.807) is 6.20 Å². The molecule has 4 nitrogen and oxygen atoms in total. The quantitative estimate of drug-likeness (QED) is 0.674. The van der Waals surface area contributed by atoms with E-state index in [-0.39, 0.29) is 0 Å². The van der Waals surface area contributed by atoms with Crippen LogP contribution in [0.1, 0.15) is 5.56 Å². The molecule has 0 unspecified atom stereocenters. The molecule has 20 heavy (non-hydrogen) atoms. The molecule has 4 heteroatoms. The Morgan fingerprint density at radius 1 is 1.15 bits per heavy atom. The third kappa shape index (κ3) is 1.51. The van der Waals surface area contributed by atoms with E-state index in [0.717, 1.165) is 28.7 Å². The summed E-state index contributed by atoms with van der Waals surface area (Å²) in [6.45, 7) is 2.95. The fourth-order valence-corrected chi connectivity index (χ4v) is 2.79. The van der Waals surface area contributed by atoms with Gasteiger partial charge >= 0.3 is 0 Å². The highest BCUT2D eigenvalue weighted by molar-refractivity contribution is 6.08. The Kier molecular flexibility index (Phi) is 2.27. The number of hydrogen-bond acceptors (Lipinski definition) is 4. The van der Waals surface area contributed by atoms with Gasteiger partial charge in [0.1, 0.15) is 0 Å². The fourth-order valence-electron chi connectivity index (χ4n) is 2.79. The predicted molar refractivity (Wildman–Crippen MR) is 80.5 cm³/mol. The van der Waals surface area contributed by atoms with Crippen molar-refractivity contribution in [1.29, 1.82) is 0 Å². The smallest absolute Gasteiger partial charge is 0.227 e. The summed E-state index contributed by atoms with van der Waals surface area (Å²) in [4.78, 5) is 8.66. The highest BCUT2D eigenvalue weighted by Crippen LogP contribution is 2.37. The first-order valence-electron chi connectivity index (χ1n) is 6.66. The van der Waals surface area contributed by atoms with Crippen LogP contribution in [0.25, 0.3) is 22.1 Å². The van der Waals surface area contributed by atoms with E-state index in [9.17, 15) is 0 Å². The second-order valence-corrected chi connectivity index (χ2v) is 5.23. The van der Waals surface area contributed by atoms with E-state index in [4.69, 9.17) is 4.42 Å². The zero-order chi connectivity index (χ0) is 13.7. The van der Waals surface area contributed by atoms with E-state index in [0.29, 0.717) is 5.71 Å². The number of rotatable bonds is 1. The van der Waals surface area contributed by atoms with Gasteiger partial charge in [-0.2, -0.15) is 0 Å². The summed E-state index contributed by atoms with van der Waals surface area (Å²) in [6, 6.07) is 8.26. The van der Waals surface area contributed by atoms with Crippen LogP contribution in [0.2, 0.25) is 0 Å². The van der Waals surface area contributed by atoms with Crippen molar-refractivity contribution in [1.82, 2.24) is 9.88 Å². The molecule has 0 aliphatic carbocycles. The number of benzene rings is 1. The monoisotopic (exact) mass is 265 g/mol. The van der Waals surface area contributed by atoms with Gasteiger partial charge in [0.25, 0.3) is 0 Å². The van der Waals surface area contributed by atoms with Crippen molar-refractivity contribution < 1.29 is 4.42 Å². The molecule has 0 amide bonds. The van der Waals surface area contributed by atoms with Crippen molar-refractivity contribution in [3.8, 4) is 0 Å². The molecule has 0 N–H and O–H groups in total. The summed E-state index contributed by atoms with van der Waals surface area (Å²) in [7, 11) is 2.06. The number of anilines is 1. The van der Waals surface area contributed by atoms with Crippen LogP contribution >= 0.6 is 0 Å². The normalized spacial score (nSPS) is 14.9. The van der Waals surface area contributed by atoms with Gasteiger partial charge in [0.2, 0.25) is 5.71 Å². The van der Waals surface area contributed by atoms with Crippen molar-refractivity contribution >= 4 is 27.8 Å². The summed E-state index contributed by atoms with van der Waals surface area (Å²) in [5.74, 6) is 0. The first-order valence-corrected chi connectivity index (χ1v) is 6.66. The van der Waals surface area contributed by atoms with Crippen LogP contribution in [0.15, 0.2) is 47.3 Å². The Labute approximate surface area is 116 Å². The molecule has 0 fully saturated rings. The minimum Gasteiger partial charge on any atom is -0.435 e. The van der Waals surface area contributed by atoms with Crippen molar-refractivity contribution in [3.63, 3.8) is 0 Å². The summed E-state index contributed by atoms with van der Waals surface area (Å²) in [5, 5.41) is 2.19. The van der Waals surface area contributed by atoms with Crippen molar-refractivity contribution in [2.24, 2.45) is 0 Å². The van der Waals surface area contributed by atoms with Crippen LogP contribution in [0.3, 0.4) is 0 Å². The van der Waals surface area contributed by atoms with Gasteiger partial charge in [-0.15, -0.1) is 0 Å². The van der Waals surface area contributed by atoms with Crippen molar-refractivity contribution in [3.05, 3.63) is 48.4 Å². The summed E-state index contributed by atoms with van der Waals surface area (Å²) < 4.78 is 6.01. The number of pyridine rings is 1. The molecule has 1 aliphatic heterocycles. The highest BCUT2D eigenvalue weighted by Gasteiger charge is 2.20. The molecule has 0 bridgehead atoms. The molecular weight excluding hydrogens is 250 g/mol. The number of hydrogen-bond donors (Lipinski definition) is 0. The molecule has 0 saturated carbocycles. The fraction of sp³-hybridized carbons (Fsp3) is 0.188. The summed E-state index contributed by atoms with van der Waals surface area (Å²) in [6.07, 6.45) is 5.92. The molecule has 3 aromatic rings. The maximum Gasteiger partial charge on any atom is 0.227 e. The molecule has 0 spiro atoms. The van der Waals surface area contributed by atoms with Gasteiger partial charge in [0.15, 0.2) is 5.58 Å². The van der Waals surface area contributed by atoms with Gasteiger partial charge in [-0.3, -0.25) is 0 Å². The third-order valence-electron chi connectivity index (χ3n) is 3.76.